The van der Waals surface area contributed by atoms with E-state index in [1.54, 1.807) is 0 Å². The molecule has 0 amide bonds. The van der Waals surface area contributed by atoms with Crippen molar-refractivity contribution in [3.05, 3.63) is 23.8 Å². The van der Waals surface area contributed by atoms with Crippen LogP contribution >= 0.6 is 0 Å². The summed E-state index contributed by atoms with van der Waals surface area (Å²) >= 11 is 0. The van der Waals surface area contributed by atoms with Crippen LogP contribution < -0.4 is 14.8 Å². The monoisotopic (exact) mass is 263 g/mol. The highest BCUT2D eigenvalue weighted by Gasteiger charge is 2.19. The van der Waals surface area contributed by atoms with Gasteiger partial charge in [0.1, 0.15) is 0 Å². The lowest BCUT2D eigenvalue weighted by Crippen LogP contribution is -2.23. The second-order valence-electron chi connectivity index (χ2n) is 5.29. The molecule has 1 aliphatic heterocycles. The molecule has 1 aromatic carbocycles. The molecule has 1 aromatic rings. The summed E-state index contributed by atoms with van der Waals surface area (Å²) in [4.78, 5) is 0. The summed E-state index contributed by atoms with van der Waals surface area (Å²) in [6, 6.07) is 6.70. The van der Waals surface area contributed by atoms with Crippen molar-refractivity contribution in [1.29, 1.82) is 0 Å². The maximum Gasteiger partial charge on any atom is 0.161 e. The predicted octanol–water partition coefficient (Wildman–Crippen LogP) is 3.54. The van der Waals surface area contributed by atoms with Crippen LogP contribution in [0.5, 0.6) is 11.5 Å². The van der Waals surface area contributed by atoms with Gasteiger partial charge in [-0.1, -0.05) is 26.3 Å². The third-order valence-electron chi connectivity index (χ3n) is 3.75. The molecule has 0 saturated heterocycles. The van der Waals surface area contributed by atoms with Crippen LogP contribution in [0, 0.1) is 5.92 Å². The van der Waals surface area contributed by atoms with Crippen molar-refractivity contribution in [1.82, 2.24) is 5.32 Å². The first-order valence-electron chi connectivity index (χ1n) is 7.33. The fourth-order valence-electron chi connectivity index (χ4n) is 2.78. The third-order valence-corrected chi connectivity index (χ3v) is 3.75. The molecule has 1 N–H and O–H groups in total. The van der Waals surface area contributed by atoms with E-state index in [-0.39, 0.29) is 0 Å². The maximum absolute atomic E-state index is 5.77. The van der Waals surface area contributed by atoms with E-state index in [4.69, 9.17) is 9.47 Å². The molecule has 106 valence electrons. The first-order valence-corrected chi connectivity index (χ1v) is 7.33. The Morgan fingerprint density at radius 3 is 2.63 bits per heavy atom. The SMILES string of the molecule is CCCC(C)C(NC)c1ccc2c(c1)OCCCO2. The van der Waals surface area contributed by atoms with Crippen LogP contribution in [0.4, 0.5) is 0 Å². The van der Waals surface area contributed by atoms with Crippen molar-refractivity contribution in [3.63, 3.8) is 0 Å². The van der Waals surface area contributed by atoms with Gasteiger partial charge < -0.3 is 14.8 Å². The average molecular weight is 263 g/mol. The van der Waals surface area contributed by atoms with Crippen molar-refractivity contribution < 1.29 is 9.47 Å². The molecule has 0 spiro atoms. The Bertz CT molecular complexity index is 406. The van der Waals surface area contributed by atoms with Crippen molar-refractivity contribution in [2.24, 2.45) is 5.92 Å². The van der Waals surface area contributed by atoms with E-state index in [9.17, 15) is 0 Å². The number of nitrogens with one attached hydrogen (secondary N) is 1. The number of hydrogen-bond acceptors (Lipinski definition) is 3. The second kappa shape index (κ2) is 6.80. The molecule has 19 heavy (non-hydrogen) atoms. The van der Waals surface area contributed by atoms with E-state index < -0.39 is 0 Å². The molecule has 0 fully saturated rings. The summed E-state index contributed by atoms with van der Waals surface area (Å²) in [6.07, 6.45) is 3.38. The van der Waals surface area contributed by atoms with E-state index >= 15 is 0 Å². The van der Waals surface area contributed by atoms with Crippen LogP contribution in [0.15, 0.2) is 18.2 Å². The smallest absolute Gasteiger partial charge is 0.161 e. The molecule has 2 unspecified atom stereocenters. The predicted molar refractivity (Wildman–Crippen MR) is 77.9 cm³/mol. The minimum Gasteiger partial charge on any atom is -0.490 e. The van der Waals surface area contributed by atoms with E-state index in [0.717, 1.165) is 31.1 Å². The molecule has 1 heterocycles. The standard InChI is InChI=1S/C16H25NO2/c1-4-6-12(2)16(17-3)13-7-8-14-15(11-13)19-10-5-9-18-14/h7-8,11-12,16-17H,4-6,9-10H2,1-3H3. The lowest BCUT2D eigenvalue weighted by molar-refractivity contribution is 0.296. The molecule has 0 radical (unpaired) electrons. The highest BCUT2D eigenvalue weighted by molar-refractivity contribution is 5.44. The van der Waals surface area contributed by atoms with Crippen LogP contribution in [-0.2, 0) is 0 Å². The molecule has 2 rings (SSSR count). The summed E-state index contributed by atoms with van der Waals surface area (Å²) in [5.74, 6) is 2.37. The highest BCUT2D eigenvalue weighted by Crippen LogP contribution is 2.34. The summed E-state index contributed by atoms with van der Waals surface area (Å²) in [7, 11) is 2.03. The van der Waals surface area contributed by atoms with Crippen LogP contribution in [0.2, 0.25) is 0 Å². The molecule has 2 atom stereocenters. The number of hydrogen-bond donors (Lipinski definition) is 1. The van der Waals surface area contributed by atoms with E-state index in [2.05, 4.69) is 31.3 Å². The number of ether oxygens (including phenoxy) is 2. The zero-order valence-corrected chi connectivity index (χ0v) is 12.2. The Hall–Kier alpha value is -1.22. The number of benzene rings is 1. The van der Waals surface area contributed by atoms with Gasteiger partial charge in [0, 0.05) is 12.5 Å². The molecule has 3 nitrogen and oxygen atoms in total. The fraction of sp³-hybridized carbons (Fsp3) is 0.625. The van der Waals surface area contributed by atoms with Crippen LogP contribution in [0.3, 0.4) is 0 Å². The fourth-order valence-corrected chi connectivity index (χ4v) is 2.78. The molecule has 0 bridgehead atoms. The Kier molecular flexibility index (Phi) is 5.08. The van der Waals surface area contributed by atoms with Gasteiger partial charge in [-0.3, -0.25) is 0 Å². The van der Waals surface area contributed by atoms with Gasteiger partial charge in [0.25, 0.3) is 0 Å². The first kappa shape index (κ1) is 14.2. The summed E-state index contributed by atoms with van der Waals surface area (Å²) in [5, 5.41) is 3.43. The average Bonchev–Trinajstić information content (AvgIpc) is 2.64. The molecule has 0 aromatic heterocycles. The van der Waals surface area contributed by atoms with Gasteiger partial charge in [-0.15, -0.1) is 0 Å². The van der Waals surface area contributed by atoms with Gasteiger partial charge in [-0.05, 0) is 37.1 Å². The summed E-state index contributed by atoms with van der Waals surface area (Å²) in [5.41, 5.74) is 1.28. The topological polar surface area (TPSA) is 30.5 Å². The normalized spacial score (nSPS) is 17.6. The van der Waals surface area contributed by atoms with Crippen LogP contribution in [0.25, 0.3) is 0 Å². The third kappa shape index (κ3) is 3.41. The highest BCUT2D eigenvalue weighted by atomic mass is 16.5. The van der Waals surface area contributed by atoms with E-state index in [1.807, 2.05) is 13.1 Å². The Labute approximate surface area is 116 Å². The van der Waals surface area contributed by atoms with Crippen molar-refractivity contribution >= 4 is 0 Å². The van der Waals surface area contributed by atoms with Gasteiger partial charge in [0.2, 0.25) is 0 Å². The van der Waals surface area contributed by atoms with Gasteiger partial charge in [-0.2, -0.15) is 0 Å². The van der Waals surface area contributed by atoms with Gasteiger partial charge in [-0.25, -0.2) is 0 Å². The lowest BCUT2D eigenvalue weighted by atomic mass is 9.91. The lowest BCUT2D eigenvalue weighted by Gasteiger charge is -2.24. The molecule has 0 aliphatic carbocycles. The largest absolute Gasteiger partial charge is 0.490 e. The minimum absolute atomic E-state index is 0.372. The summed E-state index contributed by atoms with van der Waals surface area (Å²) in [6.45, 7) is 6.02. The minimum atomic E-state index is 0.372. The van der Waals surface area contributed by atoms with Gasteiger partial charge in [0.15, 0.2) is 11.5 Å². The maximum atomic E-state index is 5.77. The summed E-state index contributed by atoms with van der Waals surface area (Å²) < 4.78 is 11.5. The number of rotatable bonds is 5. The molecule has 0 saturated carbocycles. The van der Waals surface area contributed by atoms with Crippen molar-refractivity contribution in [2.75, 3.05) is 20.3 Å². The van der Waals surface area contributed by atoms with Gasteiger partial charge >= 0.3 is 0 Å². The zero-order chi connectivity index (χ0) is 13.7. The Morgan fingerprint density at radius 2 is 1.95 bits per heavy atom. The molecular formula is C16H25NO2. The first-order chi connectivity index (χ1) is 9.26. The molecule has 1 aliphatic rings. The quantitative estimate of drug-likeness (QED) is 0.881. The van der Waals surface area contributed by atoms with Crippen molar-refractivity contribution in [2.45, 2.75) is 39.2 Å². The molecular weight excluding hydrogens is 238 g/mol. The zero-order valence-electron chi connectivity index (χ0n) is 12.2. The van der Waals surface area contributed by atoms with Crippen LogP contribution in [-0.4, -0.2) is 20.3 Å². The van der Waals surface area contributed by atoms with Crippen molar-refractivity contribution in [3.8, 4) is 11.5 Å². The Balaban J connectivity index is 2.21. The van der Waals surface area contributed by atoms with E-state index in [0.29, 0.717) is 12.0 Å². The van der Waals surface area contributed by atoms with Crippen LogP contribution in [0.1, 0.15) is 44.7 Å². The Morgan fingerprint density at radius 1 is 1.21 bits per heavy atom. The van der Waals surface area contributed by atoms with E-state index in [1.165, 1.54) is 18.4 Å². The second-order valence-corrected chi connectivity index (χ2v) is 5.29. The molecule has 3 heteroatoms. The van der Waals surface area contributed by atoms with Gasteiger partial charge in [0.05, 0.1) is 13.2 Å². The number of fused-ring (bicyclic) bond motifs is 1.